The minimum Gasteiger partial charge on any atom is -0.404 e. The van der Waals surface area contributed by atoms with E-state index in [-0.39, 0.29) is 15.6 Å². The molecule has 0 aliphatic heterocycles. The zero-order chi connectivity index (χ0) is 24.3. The van der Waals surface area contributed by atoms with Crippen molar-refractivity contribution in [1.82, 2.24) is 0 Å². The van der Waals surface area contributed by atoms with Crippen LogP contribution < -0.4 is 0 Å². The zero-order valence-corrected chi connectivity index (χ0v) is 21.2. The number of nitriles is 1. The second-order valence-electron chi connectivity index (χ2n) is 10.4. The molecule has 0 amide bonds. The van der Waals surface area contributed by atoms with Crippen molar-refractivity contribution in [2.75, 3.05) is 0 Å². The van der Waals surface area contributed by atoms with E-state index in [0.717, 1.165) is 0 Å². The first-order valence-electron chi connectivity index (χ1n) is 11.1. The van der Waals surface area contributed by atoms with Gasteiger partial charge in [0, 0.05) is 22.6 Å². The molecule has 2 aromatic carbocycles. The van der Waals surface area contributed by atoms with Crippen LogP contribution in [0.2, 0.25) is 23.2 Å². The van der Waals surface area contributed by atoms with Crippen LogP contribution in [-0.4, -0.2) is 14.2 Å². The Morgan fingerprint density at radius 2 is 1.91 bits per heavy atom. The summed E-state index contributed by atoms with van der Waals surface area (Å²) in [5.41, 5.74) is 3.61. The average Bonchev–Trinajstić information content (AvgIpc) is 2.97. The van der Waals surface area contributed by atoms with Crippen molar-refractivity contribution in [2.24, 2.45) is 0 Å². The Labute approximate surface area is 199 Å². The number of hydrogen-bond acceptors (Lipinski definition) is 2. The van der Waals surface area contributed by atoms with Crippen LogP contribution in [0.4, 0.5) is 13.2 Å². The van der Waals surface area contributed by atoms with Crippen LogP contribution in [0.3, 0.4) is 0 Å². The van der Waals surface area contributed by atoms with Crippen molar-refractivity contribution in [2.45, 2.75) is 70.2 Å². The van der Waals surface area contributed by atoms with E-state index in [0.29, 0.717) is 46.2 Å². The van der Waals surface area contributed by atoms with Crippen LogP contribution in [-0.2, 0) is 17.3 Å². The van der Waals surface area contributed by atoms with Crippen LogP contribution in [0.1, 0.15) is 66.7 Å². The number of hydrogen-bond donors (Lipinski definition) is 0. The van der Waals surface area contributed by atoms with Gasteiger partial charge in [0.05, 0.1) is 11.6 Å². The Bertz CT molecular complexity index is 1210. The van der Waals surface area contributed by atoms with Crippen LogP contribution in [0.25, 0.3) is 5.57 Å². The van der Waals surface area contributed by atoms with Crippen LogP contribution in [0.15, 0.2) is 30.3 Å². The zero-order valence-electron chi connectivity index (χ0n) is 19.5. The summed E-state index contributed by atoms with van der Waals surface area (Å²) in [6.45, 7) is 9.94. The third-order valence-corrected chi connectivity index (χ3v) is 12.0. The molecule has 33 heavy (non-hydrogen) atoms. The van der Waals surface area contributed by atoms with Gasteiger partial charge in [-0.2, -0.15) is 5.26 Å². The highest BCUT2D eigenvalue weighted by atomic mass is 35.5. The van der Waals surface area contributed by atoms with E-state index in [4.69, 9.17) is 16.0 Å². The van der Waals surface area contributed by atoms with Gasteiger partial charge in [-0.05, 0) is 71.4 Å². The molecular weight excluding hydrogens is 463 g/mol. The summed E-state index contributed by atoms with van der Waals surface area (Å²) in [4.78, 5) is 0. The minimum atomic E-state index is -3.11. The number of allylic oxidation sites excluding steroid dienone is 1. The molecule has 2 aliphatic rings. The van der Waals surface area contributed by atoms with Crippen molar-refractivity contribution in [3.05, 3.63) is 74.6 Å². The predicted molar refractivity (Wildman–Crippen MR) is 128 cm³/mol. The van der Waals surface area contributed by atoms with Gasteiger partial charge < -0.3 is 4.43 Å². The molecule has 1 unspecified atom stereocenters. The molecule has 174 valence electrons. The van der Waals surface area contributed by atoms with Gasteiger partial charge >= 0.3 is 0 Å². The Morgan fingerprint density at radius 1 is 1.21 bits per heavy atom. The van der Waals surface area contributed by atoms with E-state index >= 15 is 8.78 Å². The third kappa shape index (κ3) is 4.05. The summed E-state index contributed by atoms with van der Waals surface area (Å²) in [5, 5.41) is 9.66. The topological polar surface area (TPSA) is 33.0 Å². The van der Waals surface area contributed by atoms with Crippen molar-refractivity contribution in [3.63, 3.8) is 0 Å². The number of fused-ring (bicyclic) bond motifs is 2. The van der Waals surface area contributed by atoms with Crippen molar-refractivity contribution >= 4 is 25.5 Å². The van der Waals surface area contributed by atoms with Gasteiger partial charge in [-0.15, -0.1) is 0 Å². The second kappa shape index (κ2) is 8.01. The summed E-state index contributed by atoms with van der Waals surface area (Å²) in [5.74, 6) is -3.58. The van der Waals surface area contributed by atoms with Gasteiger partial charge in [0.1, 0.15) is 11.9 Å². The second-order valence-corrected chi connectivity index (χ2v) is 15.6. The SMILES string of the molecule is CC(C)(C)[Si](C)(C)OC1c2c(Cl)ccc(C3=CCCc4cc(F)cc(C#N)c43)c2CC1(F)F. The number of nitrogens with zero attached hydrogens (tertiary/aromatic N) is 1. The maximum Gasteiger partial charge on any atom is 0.280 e. The molecule has 0 saturated carbocycles. The molecule has 7 heteroatoms. The standard InChI is InChI=1S/C26H27ClF3NOSi/c1-25(2,3)33(4,5)32-24-23-20(13-26(24,29)30)18(9-10-21(23)27)19-8-6-7-15-11-17(28)12-16(14-31)22(15)19/h8-12,24H,6-7,13H2,1-5H3. The Balaban J connectivity index is 1.89. The molecule has 2 aliphatic carbocycles. The molecule has 2 aromatic rings. The van der Waals surface area contributed by atoms with Gasteiger partial charge in [0.15, 0.2) is 8.32 Å². The van der Waals surface area contributed by atoms with Gasteiger partial charge in [0.2, 0.25) is 0 Å². The lowest BCUT2D eigenvalue weighted by Crippen LogP contribution is -2.44. The van der Waals surface area contributed by atoms with E-state index in [1.165, 1.54) is 12.1 Å². The number of halogens is 4. The smallest absolute Gasteiger partial charge is 0.280 e. The van der Waals surface area contributed by atoms with Gasteiger partial charge in [-0.1, -0.05) is 44.5 Å². The molecule has 4 rings (SSSR count). The number of rotatable bonds is 3. The fraction of sp³-hybridized carbons (Fsp3) is 0.423. The monoisotopic (exact) mass is 489 g/mol. The van der Waals surface area contributed by atoms with Crippen LogP contribution >= 0.6 is 11.6 Å². The first-order valence-corrected chi connectivity index (χ1v) is 14.4. The van der Waals surface area contributed by atoms with E-state index in [2.05, 4.69) is 6.07 Å². The molecule has 0 fully saturated rings. The first kappa shape index (κ1) is 24.1. The average molecular weight is 490 g/mol. The highest BCUT2D eigenvalue weighted by Gasteiger charge is 2.54. The summed E-state index contributed by atoms with van der Waals surface area (Å²) in [6, 6.07) is 8.06. The van der Waals surface area contributed by atoms with Crippen molar-refractivity contribution < 1.29 is 17.6 Å². The van der Waals surface area contributed by atoms with E-state index < -0.39 is 32.6 Å². The van der Waals surface area contributed by atoms with E-state index in [9.17, 15) is 9.65 Å². The molecule has 0 spiro atoms. The summed E-state index contributed by atoms with van der Waals surface area (Å²) >= 11 is 6.51. The van der Waals surface area contributed by atoms with Gasteiger partial charge in [-0.25, -0.2) is 13.2 Å². The molecule has 1 atom stereocenters. The summed E-state index contributed by atoms with van der Waals surface area (Å²) < 4.78 is 51.2. The largest absolute Gasteiger partial charge is 0.404 e. The van der Waals surface area contributed by atoms with E-state index in [1.807, 2.05) is 39.9 Å². The maximum absolute atomic E-state index is 15.5. The number of benzene rings is 2. The van der Waals surface area contributed by atoms with E-state index in [1.54, 1.807) is 12.1 Å². The normalized spacial score (nSPS) is 19.5. The van der Waals surface area contributed by atoms with Crippen LogP contribution in [0, 0.1) is 17.1 Å². The Hall–Kier alpha value is -2.07. The molecule has 0 heterocycles. The highest BCUT2D eigenvalue weighted by molar-refractivity contribution is 6.74. The minimum absolute atomic E-state index is 0.207. The fourth-order valence-electron chi connectivity index (χ4n) is 4.50. The number of aryl methyl sites for hydroxylation is 1. The highest BCUT2D eigenvalue weighted by Crippen LogP contribution is 2.54. The molecule has 0 saturated heterocycles. The Morgan fingerprint density at radius 3 is 2.55 bits per heavy atom. The molecule has 0 N–H and O–H groups in total. The Kier molecular flexibility index (Phi) is 5.84. The lowest BCUT2D eigenvalue weighted by molar-refractivity contribution is -0.0900. The summed E-state index contributed by atoms with van der Waals surface area (Å²) in [7, 11) is -2.52. The maximum atomic E-state index is 15.5. The molecule has 0 radical (unpaired) electrons. The van der Waals surface area contributed by atoms with Gasteiger partial charge in [0.25, 0.3) is 5.92 Å². The first-order chi connectivity index (χ1) is 15.3. The number of alkyl halides is 2. The summed E-state index contributed by atoms with van der Waals surface area (Å²) in [6.07, 6.45) is 1.26. The molecular formula is C26H27ClF3NOSi. The quantitative estimate of drug-likeness (QED) is 0.409. The third-order valence-electron chi connectivity index (χ3n) is 7.21. The lowest BCUT2D eigenvalue weighted by atomic mass is 9.82. The fourth-order valence-corrected chi connectivity index (χ4v) is 6.01. The molecule has 0 bridgehead atoms. The molecule has 2 nitrogen and oxygen atoms in total. The van der Waals surface area contributed by atoms with Gasteiger partial charge in [-0.3, -0.25) is 0 Å². The predicted octanol–water partition coefficient (Wildman–Crippen LogP) is 7.98. The molecule has 0 aromatic heterocycles. The van der Waals surface area contributed by atoms with Crippen molar-refractivity contribution in [1.29, 1.82) is 5.26 Å². The lowest BCUT2D eigenvalue weighted by Gasteiger charge is -2.40. The van der Waals surface area contributed by atoms with Crippen LogP contribution in [0.5, 0.6) is 0 Å². The van der Waals surface area contributed by atoms with Crippen molar-refractivity contribution in [3.8, 4) is 6.07 Å².